The molecule has 0 aliphatic rings. The average molecular weight is 369 g/mol. The molecule has 136 valence electrons. The molecule has 3 aromatic carbocycles. The van der Waals surface area contributed by atoms with Gasteiger partial charge in [0.1, 0.15) is 11.5 Å². The monoisotopic (exact) mass is 369 g/mol. The molecule has 0 bridgehead atoms. The van der Waals surface area contributed by atoms with E-state index in [9.17, 15) is 0 Å². The molecule has 0 fully saturated rings. The van der Waals surface area contributed by atoms with Gasteiger partial charge in [0.2, 0.25) is 0 Å². The fraction of sp³-hybridized carbons (Fsp3) is 0. The molecule has 0 atom stereocenters. The fourth-order valence-corrected chi connectivity index (χ4v) is 2.66. The lowest BCUT2D eigenvalue weighted by Crippen LogP contribution is -1.88. The van der Waals surface area contributed by atoms with E-state index in [1.807, 2.05) is 42.5 Å². The smallest absolute Gasteiger partial charge is 0.181 e. The zero-order chi connectivity index (χ0) is 19.3. The first-order valence-corrected chi connectivity index (χ1v) is 8.43. The van der Waals surface area contributed by atoms with E-state index in [4.69, 9.17) is 16.0 Å². The molecule has 8 nitrogen and oxygen atoms in total. The maximum absolute atomic E-state index is 8.58. The number of anilines is 1. The summed E-state index contributed by atoms with van der Waals surface area (Å²) in [5, 5.41) is 10.8. The van der Waals surface area contributed by atoms with Crippen molar-refractivity contribution in [2.45, 2.75) is 0 Å². The van der Waals surface area contributed by atoms with Gasteiger partial charge in [0.25, 0.3) is 0 Å². The summed E-state index contributed by atoms with van der Waals surface area (Å²) in [7, 11) is 0. The number of benzene rings is 3. The number of nitrogens with one attached hydrogen (secondary N) is 1. The van der Waals surface area contributed by atoms with Crippen LogP contribution in [0.2, 0.25) is 0 Å². The van der Waals surface area contributed by atoms with Crippen LogP contribution in [0, 0.1) is 0 Å². The van der Waals surface area contributed by atoms with Gasteiger partial charge in [-0.25, -0.2) is 4.98 Å². The molecule has 3 N–H and O–H groups in total. The van der Waals surface area contributed by atoms with E-state index < -0.39 is 0 Å². The first kappa shape index (κ1) is 17.1. The summed E-state index contributed by atoms with van der Waals surface area (Å²) in [6.45, 7) is 0. The topological polar surface area (TPSA) is 126 Å². The fourth-order valence-electron chi connectivity index (χ4n) is 2.66. The molecule has 0 aliphatic heterocycles. The summed E-state index contributed by atoms with van der Waals surface area (Å²) in [6.07, 6.45) is 0. The van der Waals surface area contributed by atoms with Crippen molar-refractivity contribution in [1.82, 2.24) is 15.2 Å². The van der Waals surface area contributed by atoms with Crippen molar-refractivity contribution in [2.24, 2.45) is 5.11 Å². The number of azide groups is 1. The lowest BCUT2D eigenvalue weighted by atomic mass is 10.2. The molecule has 1 aromatic heterocycles. The summed E-state index contributed by atoms with van der Waals surface area (Å²) in [5.41, 5.74) is 17.0. The van der Waals surface area contributed by atoms with Crippen LogP contribution in [0.25, 0.3) is 33.2 Å². The van der Waals surface area contributed by atoms with Crippen LogP contribution in [0.3, 0.4) is 0 Å². The van der Waals surface area contributed by atoms with E-state index in [2.05, 4.69) is 25.2 Å². The normalized spacial score (nSPS) is 10.3. The molecule has 1 heterocycles. The molecule has 4 rings (SSSR count). The lowest BCUT2D eigenvalue weighted by molar-refractivity contribution is 0.483. The first-order chi connectivity index (χ1) is 13.7. The van der Waals surface area contributed by atoms with Gasteiger partial charge in [0.15, 0.2) is 11.6 Å². The van der Waals surface area contributed by atoms with Crippen LogP contribution >= 0.6 is 0 Å². The van der Waals surface area contributed by atoms with Gasteiger partial charge < -0.3 is 10.5 Å². The second-order valence-corrected chi connectivity index (χ2v) is 5.95. The molecule has 0 saturated carbocycles. The molecule has 0 radical (unpaired) electrons. The highest BCUT2D eigenvalue weighted by atomic mass is 16.5. The second kappa shape index (κ2) is 7.53. The van der Waals surface area contributed by atoms with Gasteiger partial charge in [-0.15, -0.1) is 0 Å². The van der Waals surface area contributed by atoms with Crippen molar-refractivity contribution < 1.29 is 4.74 Å². The largest absolute Gasteiger partial charge is 0.457 e. The summed E-state index contributed by atoms with van der Waals surface area (Å²) in [5.74, 6) is 2.48. The Balaban J connectivity index is 1.59. The quantitative estimate of drug-likeness (QED) is 0.210. The molecular formula is C20H15N7O. The SMILES string of the molecule is [N-]=[N+]=Nc1cccc(-c2n[nH]c(-c3cccc(Oc4ccc(N)cc4)c3)n2)c1. The Hall–Kier alpha value is -4.29. The molecule has 0 amide bonds. The van der Waals surface area contributed by atoms with Gasteiger partial charge in [0.05, 0.1) is 0 Å². The van der Waals surface area contributed by atoms with Crippen molar-refractivity contribution >= 4 is 11.4 Å². The third-order valence-electron chi connectivity index (χ3n) is 3.97. The Bertz CT molecular complexity index is 1160. The summed E-state index contributed by atoms with van der Waals surface area (Å²) in [6, 6.07) is 21.8. The average Bonchev–Trinajstić information content (AvgIpc) is 3.21. The number of nitrogens with two attached hydrogens (primary N) is 1. The zero-order valence-corrected chi connectivity index (χ0v) is 14.6. The molecule has 28 heavy (non-hydrogen) atoms. The number of ether oxygens (including phenoxy) is 1. The van der Waals surface area contributed by atoms with Crippen molar-refractivity contribution in [3.8, 4) is 34.3 Å². The van der Waals surface area contributed by atoms with Crippen molar-refractivity contribution in [2.75, 3.05) is 5.73 Å². The Morgan fingerprint density at radius 2 is 1.71 bits per heavy atom. The van der Waals surface area contributed by atoms with Crippen LogP contribution in [0.5, 0.6) is 11.5 Å². The highest BCUT2D eigenvalue weighted by molar-refractivity contribution is 5.64. The Morgan fingerprint density at radius 3 is 2.54 bits per heavy atom. The van der Waals surface area contributed by atoms with Gasteiger partial charge >= 0.3 is 0 Å². The molecule has 0 saturated heterocycles. The Labute approximate surface area is 160 Å². The standard InChI is InChI=1S/C20H15N7O/c21-15-7-9-17(10-8-15)28-18-6-2-4-14(12-18)20-23-19(25-26-20)13-3-1-5-16(11-13)24-27-22/h1-12H,21H2,(H,23,25,26). The Morgan fingerprint density at radius 1 is 0.929 bits per heavy atom. The van der Waals surface area contributed by atoms with Crippen LogP contribution in [0.1, 0.15) is 0 Å². The summed E-state index contributed by atoms with van der Waals surface area (Å²) >= 11 is 0. The van der Waals surface area contributed by atoms with E-state index in [0.717, 1.165) is 11.1 Å². The second-order valence-electron chi connectivity index (χ2n) is 5.95. The number of hydrogen-bond acceptors (Lipinski definition) is 5. The molecule has 8 heteroatoms. The molecule has 0 unspecified atom stereocenters. The van der Waals surface area contributed by atoms with Crippen LogP contribution in [-0.4, -0.2) is 15.2 Å². The maximum Gasteiger partial charge on any atom is 0.181 e. The number of rotatable bonds is 5. The number of nitrogens with zero attached hydrogens (tertiary/aromatic N) is 5. The first-order valence-electron chi connectivity index (χ1n) is 8.43. The number of aromatic nitrogens is 3. The van der Waals surface area contributed by atoms with E-state index >= 15 is 0 Å². The highest BCUT2D eigenvalue weighted by Crippen LogP contribution is 2.28. The van der Waals surface area contributed by atoms with Crippen molar-refractivity contribution in [3.05, 3.63) is 83.2 Å². The minimum Gasteiger partial charge on any atom is -0.457 e. The molecular weight excluding hydrogens is 354 g/mol. The van der Waals surface area contributed by atoms with E-state index in [1.165, 1.54) is 0 Å². The molecule has 4 aromatic rings. The van der Waals surface area contributed by atoms with Gasteiger partial charge in [0, 0.05) is 27.4 Å². The van der Waals surface area contributed by atoms with Crippen LogP contribution < -0.4 is 10.5 Å². The van der Waals surface area contributed by atoms with Crippen LogP contribution in [0.4, 0.5) is 11.4 Å². The van der Waals surface area contributed by atoms with E-state index in [-0.39, 0.29) is 0 Å². The summed E-state index contributed by atoms with van der Waals surface area (Å²) < 4.78 is 5.87. The van der Waals surface area contributed by atoms with Crippen LogP contribution in [-0.2, 0) is 0 Å². The summed E-state index contributed by atoms with van der Waals surface area (Å²) in [4.78, 5) is 7.34. The van der Waals surface area contributed by atoms with Gasteiger partial charge in [-0.2, -0.15) is 5.10 Å². The zero-order valence-electron chi connectivity index (χ0n) is 14.6. The van der Waals surface area contributed by atoms with Crippen molar-refractivity contribution in [1.29, 1.82) is 0 Å². The third kappa shape index (κ3) is 3.77. The highest BCUT2D eigenvalue weighted by Gasteiger charge is 2.09. The number of nitrogen functional groups attached to an aromatic ring is 1. The lowest BCUT2D eigenvalue weighted by Gasteiger charge is -2.07. The van der Waals surface area contributed by atoms with Gasteiger partial charge in [-0.05, 0) is 48.0 Å². The minimum absolute atomic E-state index is 0.505. The maximum atomic E-state index is 8.58. The number of H-pyrrole nitrogens is 1. The number of hydrogen-bond donors (Lipinski definition) is 2. The molecule has 0 spiro atoms. The predicted molar refractivity (Wildman–Crippen MR) is 107 cm³/mol. The number of aromatic amines is 1. The van der Waals surface area contributed by atoms with E-state index in [1.54, 1.807) is 30.3 Å². The van der Waals surface area contributed by atoms with Crippen LogP contribution in [0.15, 0.2) is 77.9 Å². The minimum atomic E-state index is 0.505. The Kier molecular flexibility index (Phi) is 4.61. The molecule has 0 aliphatic carbocycles. The predicted octanol–water partition coefficient (Wildman–Crippen LogP) is 5.46. The van der Waals surface area contributed by atoms with Gasteiger partial charge in [-0.3, -0.25) is 5.10 Å². The third-order valence-corrected chi connectivity index (χ3v) is 3.97. The van der Waals surface area contributed by atoms with E-state index in [0.29, 0.717) is 34.5 Å². The van der Waals surface area contributed by atoms with Crippen molar-refractivity contribution in [3.63, 3.8) is 0 Å². The van der Waals surface area contributed by atoms with Gasteiger partial charge in [-0.1, -0.05) is 35.4 Å².